The molecule has 0 fully saturated rings. The van der Waals surface area contributed by atoms with E-state index in [2.05, 4.69) is 15.9 Å². The zero-order valence-corrected chi connectivity index (χ0v) is 14.5. The third kappa shape index (κ3) is 3.28. The van der Waals surface area contributed by atoms with Crippen LogP contribution < -0.4 is 9.47 Å². The molecule has 1 atom stereocenters. The van der Waals surface area contributed by atoms with Gasteiger partial charge < -0.3 is 14.4 Å². The third-order valence-electron chi connectivity index (χ3n) is 3.44. The van der Waals surface area contributed by atoms with E-state index >= 15 is 0 Å². The van der Waals surface area contributed by atoms with Crippen molar-refractivity contribution in [1.82, 2.24) is 4.90 Å². The van der Waals surface area contributed by atoms with E-state index in [1.165, 1.54) is 11.3 Å². The van der Waals surface area contributed by atoms with Crippen molar-refractivity contribution >= 4 is 33.2 Å². The summed E-state index contributed by atoms with van der Waals surface area (Å²) in [4.78, 5) is 15.0. The van der Waals surface area contributed by atoms with E-state index in [0.717, 1.165) is 20.2 Å². The molecule has 22 heavy (non-hydrogen) atoms. The maximum Gasteiger partial charge on any atom is 0.264 e. The van der Waals surface area contributed by atoms with Gasteiger partial charge in [-0.25, -0.2) is 0 Å². The highest BCUT2D eigenvalue weighted by Crippen LogP contribution is 2.31. The molecule has 2 heterocycles. The van der Waals surface area contributed by atoms with Crippen LogP contribution in [0.25, 0.3) is 0 Å². The van der Waals surface area contributed by atoms with Crippen molar-refractivity contribution in [3.63, 3.8) is 0 Å². The van der Waals surface area contributed by atoms with E-state index in [4.69, 9.17) is 9.47 Å². The van der Waals surface area contributed by atoms with Crippen molar-refractivity contribution in [2.45, 2.75) is 13.0 Å². The lowest BCUT2D eigenvalue weighted by atomic mass is 10.2. The molecular formula is C16H16BrNO3S. The molecule has 1 aromatic heterocycles. The first-order valence-corrected chi connectivity index (χ1v) is 8.71. The summed E-state index contributed by atoms with van der Waals surface area (Å²) in [6, 6.07) is 11.3. The molecule has 116 valence electrons. The van der Waals surface area contributed by atoms with Gasteiger partial charge in [-0.2, -0.15) is 0 Å². The van der Waals surface area contributed by atoms with E-state index in [1.54, 1.807) is 4.90 Å². The molecule has 6 heteroatoms. The van der Waals surface area contributed by atoms with Gasteiger partial charge in [0.15, 0.2) is 17.6 Å². The van der Waals surface area contributed by atoms with E-state index in [0.29, 0.717) is 19.7 Å². The maximum atomic E-state index is 12.5. The Labute approximate surface area is 141 Å². The number of nitrogens with zero attached hydrogens (tertiary/aromatic N) is 1. The lowest BCUT2D eigenvalue weighted by molar-refractivity contribution is 0.0478. The van der Waals surface area contributed by atoms with Gasteiger partial charge >= 0.3 is 0 Å². The number of benzene rings is 1. The Balaban J connectivity index is 1.68. The molecule has 4 nitrogen and oxygen atoms in total. The number of fused-ring (bicyclic) bond motifs is 1. The zero-order chi connectivity index (χ0) is 15.5. The highest BCUT2D eigenvalue weighted by Gasteiger charge is 2.25. The zero-order valence-electron chi connectivity index (χ0n) is 12.1. The summed E-state index contributed by atoms with van der Waals surface area (Å²) in [5, 5.41) is 0. The van der Waals surface area contributed by atoms with Crippen molar-refractivity contribution < 1.29 is 14.3 Å². The maximum absolute atomic E-state index is 12.5. The highest BCUT2D eigenvalue weighted by atomic mass is 79.9. The number of halogens is 1. The molecule has 0 N–H and O–H groups in total. The summed E-state index contributed by atoms with van der Waals surface area (Å²) < 4.78 is 12.6. The second kappa shape index (κ2) is 6.71. The summed E-state index contributed by atoms with van der Waals surface area (Å²) in [6.07, 6.45) is -0.151. The topological polar surface area (TPSA) is 38.8 Å². The minimum Gasteiger partial charge on any atom is -0.486 e. The van der Waals surface area contributed by atoms with Crippen LogP contribution >= 0.6 is 27.3 Å². The largest absolute Gasteiger partial charge is 0.486 e. The lowest BCUT2D eigenvalue weighted by Crippen LogP contribution is -2.43. The van der Waals surface area contributed by atoms with Crippen LogP contribution in [0.2, 0.25) is 0 Å². The number of ether oxygens (including phenoxy) is 2. The summed E-state index contributed by atoms with van der Waals surface area (Å²) in [6.45, 7) is 3.57. The number of thiophene rings is 1. The van der Waals surface area contributed by atoms with Crippen molar-refractivity contribution in [2.24, 2.45) is 0 Å². The van der Waals surface area contributed by atoms with Crippen LogP contribution in [-0.2, 0) is 0 Å². The highest BCUT2D eigenvalue weighted by molar-refractivity contribution is 9.11. The van der Waals surface area contributed by atoms with Gasteiger partial charge in [-0.3, -0.25) is 4.79 Å². The number of para-hydroxylation sites is 2. The molecule has 0 spiro atoms. The van der Waals surface area contributed by atoms with Gasteiger partial charge in [0.2, 0.25) is 0 Å². The molecule has 0 saturated carbocycles. The molecule has 1 aliphatic heterocycles. The molecule has 0 radical (unpaired) electrons. The van der Waals surface area contributed by atoms with Crippen molar-refractivity contribution in [3.8, 4) is 11.5 Å². The number of hydrogen-bond donors (Lipinski definition) is 0. The Morgan fingerprint density at radius 1 is 1.32 bits per heavy atom. The van der Waals surface area contributed by atoms with Gasteiger partial charge in [-0.05, 0) is 47.1 Å². The number of amides is 1. The van der Waals surface area contributed by atoms with Crippen LogP contribution in [0.1, 0.15) is 16.6 Å². The standard InChI is InChI=1S/C16H16BrNO3S/c1-2-18(16(19)14-7-8-15(17)22-14)9-11-10-20-12-5-3-4-6-13(12)21-11/h3-8,11H,2,9-10H2,1H3. The average molecular weight is 382 g/mol. The van der Waals surface area contributed by atoms with Gasteiger partial charge in [0.05, 0.1) is 15.2 Å². The summed E-state index contributed by atoms with van der Waals surface area (Å²) in [5.74, 6) is 1.53. The molecule has 2 aromatic rings. The molecule has 1 amide bonds. The SMILES string of the molecule is CCN(CC1COc2ccccc2O1)C(=O)c1ccc(Br)s1. The Morgan fingerprint density at radius 2 is 2.09 bits per heavy atom. The fraction of sp³-hybridized carbons (Fsp3) is 0.312. The minimum absolute atomic E-state index is 0.0284. The van der Waals surface area contributed by atoms with Crippen LogP contribution in [0.5, 0.6) is 11.5 Å². The van der Waals surface area contributed by atoms with Crippen molar-refractivity contribution in [3.05, 3.63) is 45.1 Å². The monoisotopic (exact) mass is 381 g/mol. The number of likely N-dealkylation sites (N-methyl/N-ethyl adjacent to an activating group) is 1. The Morgan fingerprint density at radius 3 is 2.77 bits per heavy atom. The lowest BCUT2D eigenvalue weighted by Gasteiger charge is -2.30. The van der Waals surface area contributed by atoms with E-state index in [9.17, 15) is 4.79 Å². The fourth-order valence-corrected chi connectivity index (χ4v) is 3.69. The summed E-state index contributed by atoms with van der Waals surface area (Å²) in [7, 11) is 0. The fourth-order valence-electron chi connectivity index (χ4n) is 2.34. The normalized spacial score (nSPS) is 16.4. The first-order chi connectivity index (χ1) is 10.7. The Kier molecular flexibility index (Phi) is 4.69. The summed E-state index contributed by atoms with van der Waals surface area (Å²) >= 11 is 4.83. The second-order valence-electron chi connectivity index (χ2n) is 4.95. The average Bonchev–Trinajstić information content (AvgIpc) is 2.98. The predicted octanol–water partition coefficient (Wildman–Crippen LogP) is 3.81. The van der Waals surface area contributed by atoms with Gasteiger partial charge in [0, 0.05) is 6.54 Å². The number of hydrogen-bond acceptors (Lipinski definition) is 4. The number of rotatable bonds is 4. The van der Waals surface area contributed by atoms with Gasteiger partial charge in [0.25, 0.3) is 5.91 Å². The van der Waals surface area contributed by atoms with Crippen LogP contribution in [0.15, 0.2) is 40.2 Å². The smallest absolute Gasteiger partial charge is 0.264 e. The third-order valence-corrected chi connectivity index (χ3v) is 5.06. The molecule has 0 saturated heterocycles. The molecular weight excluding hydrogens is 366 g/mol. The van der Waals surface area contributed by atoms with E-state index in [1.807, 2.05) is 43.3 Å². The molecule has 1 aliphatic rings. The van der Waals surface area contributed by atoms with Gasteiger partial charge in [0.1, 0.15) is 6.61 Å². The van der Waals surface area contributed by atoms with E-state index < -0.39 is 0 Å². The number of carbonyl (C=O) groups is 1. The van der Waals surface area contributed by atoms with Crippen LogP contribution in [-0.4, -0.2) is 36.6 Å². The Bertz CT molecular complexity index is 673. The molecule has 0 bridgehead atoms. The predicted molar refractivity (Wildman–Crippen MR) is 89.9 cm³/mol. The second-order valence-corrected chi connectivity index (χ2v) is 7.41. The quantitative estimate of drug-likeness (QED) is 0.807. The van der Waals surface area contributed by atoms with Gasteiger partial charge in [-0.1, -0.05) is 12.1 Å². The molecule has 1 aromatic carbocycles. The van der Waals surface area contributed by atoms with E-state index in [-0.39, 0.29) is 12.0 Å². The molecule has 0 aliphatic carbocycles. The number of carbonyl (C=O) groups excluding carboxylic acids is 1. The van der Waals surface area contributed by atoms with Gasteiger partial charge in [-0.15, -0.1) is 11.3 Å². The van der Waals surface area contributed by atoms with Crippen LogP contribution in [0.4, 0.5) is 0 Å². The van der Waals surface area contributed by atoms with Crippen molar-refractivity contribution in [2.75, 3.05) is 19.7 Å². The Hall–Kier alpha value is -1.53. The molecule has 1 unspecified atom stereocenters. The summed E-state index contributed by atoms with van der Waals surface area (Å²) in [5.41, 5.74) is 0. The first kappa shape index (κ1) is 15.4. The first-order valence-electron chi connectivity index (χ1n) is 7.10. The van der Waals surface area contributed by atoms with Crippen LogP contribution in [0, 0.1) is 0 Å². The molecule has 3 rings (SSSR count). The van der Waals surface area contributed by atoms with Crippen LogP contribution in [0.3, 0.4) is 0 Å². The minimum atomic E-state index is -0.151. The van der Waals surface area contributed by atoms with Crippen molar-refractivity contribution in [1.29, 1.82) is 0 Å².